The first kappa shape index (κ1) is 13.4. The van der Waals surface area contributed by atoms with Crippen molar-refractivity contribution in [1.29, 1.82) is 0 Å². The number of carbonyl (C=O) groups is 2. The van der Waals surface area contributed by atoms with E-state index in [4.69, 9.17) is 4.74 Å². The van der Waals surface area contributed by atoms with Crippen molar-refractivity contribution in [2.45, 2.75) is 26.9 Å². The summed E-state index contributed by atoms with van der Waals surface area (Å²) in [5.74, 6) is 0.405. The molecule has 1 atom stereocenters. The van der Waals surface area contributed by atoms with Crippen molar-refractivity contribution in [3.05, 3.63) is 18.2 Å². The molecular formula is C14H18N2O3. The molecule has 0 bridgehead atoms. The van der Waals surface area contributed by atoms with Crippen molar-refractivity contribution in [2.75, 3.05) is 17.3 Å². The van der Waals surface area contributed by atoms with Crippen LogP contribution in [-0.2, 0) is 9.59 Å². The number of ether oxygens (including phenoxy) is 1. The van der Waals surface area contributed by atoms with E-state index in [-0.39, 0.29) is 17.7 Å². The van der Waals surface area contributed by atoms with Gasteiger partial charge in [-0.1, -0.05) is 13.8 Å². The Bertz CT molecular complexity index is 525. The fraction of sp³-hybridized carbons (Fsp3) is 0.429. The van der Waals surface area contributed by atoms with Crippen LogP contribution < -0.4 is 15.0 Å². The first-order valence-corrected chi connectivity index (χ1v) is 6.29. The highest BCUT2D eigenvalue weighted by Gasteiger charge is 2.29. The van der Waals surface area contributed by atoms with Crippen LogP contribution in [0.1, 0.15) is 20.8 Å². The largest absolute Gasteiger partial charge is 0.479 e. The topological polar surface area (TPSA) is 58.6 Å². The Kier molecular flexibility index (Phi) is 3.46. The number of carbonyl (C=O) groups excluding carboxylic acids is 2. The van der Waals surface area contributed by atoms with Crippen LogP contribution in [0.5, 0.6) is 5.75 Å². The summed E-state index contributed by atoms with van der Waals surface area (Å²) in [6, 6.07) is 5.29. The van der Waals surface area contributed by atoms with Crippen LogP contribution in [0.4, 0.5) is 11.4 Å². The van der Waals surface area contributed by atoms with Crippen LogP contribution in [0, 0.1) is 5.92 Å². The first-order valence-electron chi connectivity index (χ1n) is 6.29. The molecule has 1 aromatic rings. The maximum absolute atomic E-state index is 11.8. The SMILES string of the molecule is CC(C)C(=O)Nc1ccc2c(c1)N(C)C(=O)C(C)O2. The predicted octanol–water partition coefficient (Wildman–Crippen LogP) is 2.02. The number of likely N-dealkylation sites (N-methyl/N-ethyl adjacent to an activating group) is 1. The summed E-state index contributed by atoms with van der Waals surface area (Å²) < 4.78 is 5.52. The third-order valence-electron chi connectivity index (χ3n) is 3.09. The molecule has 0 aliphatic carbocycles. The molecule has 1 N–H and O–H groups in total. The van der Waals surface area contributed by atoms with Gasteiger partial charge in [0.05, 0.1) is 5.69 Å². The lowest BCUT2D eigenvalue weighted by Crippen LogP contribution is -2.42. The van der Waals surface area contributed by atoms with Gasteiger partial charge >= 0.3 is 0 Å². The third kappa shape index (κ3) is 2.54. The molecular weight excluding hydrogens is 244 g/mol. The summed E-state index contributed by atoms with van der Waals surface area (Å²) >= 11 is 0. The lowest BCUT2D eigenvalue weighted by Gasteiger charge is -2.30. The second-order valence-electron chi connectivity index (χ2n) is 4.98. The van der Waals surface area contributed by atoms with Crippen molar-refractivity contribution < 1.29 is 14.3 Å². The van der Waals surface area contributed by atoms with E-state index in [0.717, 1.165) is 0 Å². The van der Waals surface area contributed by atoms with Gasteiger partial charge in [0, 0.05) is 18.7 Å². The van der Waals surface area contributed by atoms with Crippen LogP contribution in [0.3, 0.4) is 0 Å². The zero-order valence-corrected chi connectivity index (χ0v) is 11.6. The summed E-state index contributed by atoms with van der Waals surface area (Å²) in [4.78, 5) is 25.0. The Balaban J connectivity index is 2.29. The number of amides is 2. The number of hydrogen-bond donors (Lipinski definition) is 1. The van der Waals surface area contributed by atoms with Crippen LogP contribution in [0.2, 0.25) is 0 Å². The monoisotopic (exact) mass is 262 g/mol. The van der Waals surface area contributed by atoms with Gasteiger partial charge in [-0.3, -0.25) is 9.59 Å². The average molecular weight is 262 g/mol. The summed E-state index contributed by atoms with van der Waals surface area (Å²) in [7, 11) is 1.70. The number of rotatable bonds is 2. The molecule has 1 aromatic carbocycles. The number of fused-ring (bicyclic) bond motifs is 1. The summed E-state index contributed by atoms with van der Waals surface area (Å²) in [5.41, 5.74) is 1.33. The van der Waals surface area contributed by atoms with Gasteiger partial charge in [-0.05, 0) is 25.1 Å². The van der Waals surface area contributed by atoms with Crippen molar-refractivity contribution in [1.82, 2.24) is 0 Å². The fourth-order valence-corrected chi connectivity index (χ4v) is 1.88. The molecule has 0 saturated heterocycles. The zero-order valence-electron chi connectivity index (χ0n) is 11.6. The minimum atomic E-state index is -0.478. The van der Waals surface area contributed by atoms with Gasteiger partial charge in [0.15, 0.2) is 6.10 Å². The third-order valence-corrected chi connectivity index (χ3v) is 3.09. The normalized spacial score (nSPS) is 18.1. The van der Waals surface area contributed by atoms with Crippen LogP contribution in [-0.4, -0.2) is 25.0 Å². The van der Waals surface area contributed by atoms with Crippen molar-refractivity contribution in [2.24, 2.45) is 5.92 Å². The van der Waals surface area contributed by atoms with E-state index in [9.17, 15) is 9.59 Å². The second kappa shape index (κ2) is 4.91. The van der Waals surface area contributed by atoms with Gasteiger partial charge in [-0.2, -0.15) is 0 Å². The molecule has 1 aliphatic heterocycles. The number of benzene rings is 1. The maximum Gasteiger partial charge on any atom is 0.267 e. The highest BCUT2D eigenvalue weighted by atomic mass is 16.5. The number of nitrogens with one attached hydrogen (secondary N) is 1. The van der Waals surface area contributed by atoms with Crippen molar-refractivity contribution >= 4 is 23.2 Å². The molecule has 2 amide bonds. The van der Waals surface area contributed by atoms with Gasteiger partial charge in [0.25, 0.3) is 5.91 Å². The molecule has 0 radical (unpaired) electrons. The lowest BCUT2D eigenvalue weighted by molar-refractivity contribution is -0.125. The van der Waals surface area contributed by atoms with Crippen molar-refractivity contribution in [3.8, 4) is 5.75 Å². The minimum absolute atomic E-state index is 0.0565. The molecule has 1 unspecified atom stereocenters. The van der Waals surface area contributed by atoms with E-state index in [2.05, 4.69) is 5.32 Å². The van der Waals surface area contributed by atoms with Gasteiger partial charge in [-0.25, -0.2) is 0 Å². The molecule has 0 saturated carbocycles. The van der Waals surface area contributed by atoms with E-state index < -0.39 is 6.10 Å². The van der Waals surface area contributed by atoms with E-state index in [1.54, 1.807) is 37.1 Å². The molecule has 102 valence electrons. The molecule has 2 rings (SSSR count). The minimum Gasteiger partial charge on any atom is -0.479 e. The van der Waals surface area contributed by atoms with E-state index in [1.807, 2.05) is 13.8 Å². The highest BCUT2D eigenvalue weighted by Crippen LogP contribution is 2.35. The van der Waals surface area contributed by atoms with Crippen LogP contribution >= 0.6 is 0 Å². The smallest absolute Gasteiger partial charge is 0.267 e. The number of hydrogen-bond acceptors (Lipinski definition) is 3. The molecule has 5 nitrogen and oxygen atoms in total. The van der Waals surface area contributed by atoms with E-state index in [0.29, 0.717) is 17.1 Å². The Labute approximate surface area is 112 Å². The fourth-order valence-electron chi connectivity index (χ4n) is 1.88. The molecule has 1 heterocycles. The molecule has 0 fully saturated rings. The Morgan fingerprint density at radius 1 is 1.42 bits per heavy atom. The molecule has 1 aliphatic rings. The average Bonchev–Trinajstić information content (AvgIpc) is 2.37. The number of nitrogens with zero attached hydrogens (tertiary/aromatic N) is 1. The van der Waals surface area contributed by atoms with Gasteiger partial charge in [0.1, 0.15) is 5.75 Å². The molecule has 0 aromatic heterocycles. The predicted molar refractivity (Wildman–Crippen MR) is 73.4 cm³/mol. The molecule has 5 heteroatoms. The second-order valence-corrected chi connectivity index (χ2v) is 4.98. The van der Waals surface area contributed by atoms with E-state index in [1.165, 1.54) is 0 Å². The summed E-state index contributed by atoms with van der Waals surface area (Å²) in [6.45, 7) is 5.37. The first-order chi connectivity index (χ1) is 8.90. The van der Waals surface area contributed by atoms with Gasteiger partial charge in [0.2, 0.25) is 5.91 Å². The number of anilines is 2. The standard InChI is InChI=1S/C14H18N2O3/c1-8(2)13(17)15-10-5-6-12-11(7-10)16(4)14(18)9(3)19-12/h5-9H,1-4H3,(H,15,17). The Morgan fingerprint density at radius 3 is 2.74 bits per heavy atom. The zero-order chi connectivity index (χ0) is 14.2. The molecule has 19 heavy (non-hydrogen) atoms. The van der Waals surface area contributed by atoms with Crippen LogP contribution in [0.15, 0.2) is 18.2 Å². The van der Waals surface area contributed by atoms with E-state index >= 15 is 0 Å². The summed E-state index contributed by atoms with van der Waals surface area (Å²) in [5, 5.41) is 2.81. The summed E-state index contributed by atoms with van der Waals surface area (Å²) in [6.07, 6.45) is -0.478. The molecule has 0 spiro atoms. The quantitative estimate of drug-likeness (QED) is 0.887. The van der Waals surface area contributed by atoms with Crippen molar-refractivity contribution in [3.63, 3.8) is 0 Å². The van der Waals surface area contributed by atoms with Crippen LogP contribution in [0.25, 0.3) is 0 Å². The lowest BCUT2D eigenvalue weighted by atomic mass is 10.1. The van der Waals surface area contributed by atoms with Gasteiger partial charge in [-0.15, -0.1) is 0 Å². The highest BCUT2D eigenvalue weighted by molar-refractivity contribution is 6.00. The maximum atomic E-state index is 11.8. The Morgan fingerprint density at radius 2 is 2.11 bits per heavy atom. The van der Waals surface area contributed by atoms with Gasteiger partial charge < -0.3 is 15.0 Å². The Hall–Kier alpha value is -2.04.